The van der Waals surface area contributed by atoms with Crippen LogP contribution in [0.15, 0.2) is 42.5 Å². The molecule has 5 nitrogen and oxygen atoms in total. The summed E-state index contributed by atoms with van der Waals surface area (Å²) in [4.78, 5) is 0. The Morgan fingerprint density at radius 1 is 0.652 bits per heavy atom. The van der Waals surface area contributed by atoms with Crippen molar-refractivity contribution in [2.24, 2.45) is 0 Å². The molecule has 23 heavy (non-hydrogen) atoms. The SMILES string of the molecule is Nc1ccc(OCCCCCCOc2ccc(N)cc2N)cc1. The molecule has 2 aromatic rings. The lowest BCUT2D eigenvalue weighted by atomic mass is 10.2. The minimum absolute atomic E-state index is 0.585. The third kappa shape index (κ3) is 5.98. The zero-order chi connectivity index (χ0) is 16.5. The average molecular weight is 315 g/mol. The van der Waals surface area contributed by atoms with Gasteiger partial charge in [0.25, 0.3) is 0 Å². The molecule has 0 atom stereocenters. The zero-order valence-corrected chi connectivity index (χ0v) is 13.3. The normalized spacial score (nSPS) is 10.4. The molecule has 0 aliphatic rings. The molecule has 6 N–H and O–H groups in total. The van der Waals surface area contributed by atoms with Crippen LogP contribution in [0.2, 0.25) is 0 Å². The second kappa shape index (κ2) is 8.78. The van der Waals surface area contributed by atoms with Crippen molar-refractivity contribution in [2.45, 2.75) is 25.7 Å². The summed E-state index contributed by atoms with van der Waals surface area (Å²) in [5.41, 5.74) is 19.1. The zero-order valence-electron chi connectivity index (χ0n) is 13.3. The van der Waals surface area contributed by atoms with Crippen molar-refractivity contribution in [1.29, 1.82) is 0 Å². The minimum Gasteiger partial charge on any atom is -0.494 e. The van der Waals surface area contributed by atoms with Gasteiger partial charge in [-0.3, -0.25) is 0 Å². The molecule has 0 saturated carbocycles. The molecule has 2 aromatic carbocycles. The Morgan fingerprint density at radius 2 is 1.26 bits per heavy atom. The van der Waals surface area contributed by atoms with Crippen LogP contribution in [0, 0.1) is 0 Å². The monoisotopic (exact) mass is 315 g/mol. The fourth-order valence-corrected chi connectivity index (χ4v) is 2.19. The molecule has 124 valence electrons. The van der Waals surface area contributed by atoms with Gasteiger partial charge in [-0.2, -0.15) is 0 Å². The van der Waals surface area contributed by atoms with Crippen LogP contribution in [0.5, 0.6) is 11.5 Å². The van der Waals surface area contributed by atoms with Gasteiger partial charge >= 0.3 is 0 Å². The highest BCUT2D eigenvalue weighted by Crippen LogP contribution is 2.23. The minimum atomic E-state index is 0.585. The van der Waals surface area contributed by atoms with E-state index in [0.717, 1.165) is 43.7 Å². The Hall–Kier alpha value is -2.56. The Labute approximate surface area is 137 Å². The van der Waals surface area contributed by atoms with Gasteiger partial charge in [-0.25, -0.2) is 0 Å². The first-order valence-corrected chi connectivity index (χ1v) is 7.91. The summed E-state index contributed by atoms with van der Waals surface area (Å²) in [6, 6.07) is 12.8. The van der Waals surface area contributed by atoms with E-state index in [1.54, 1.807) is 12.1 Å². The molecule has 0 aliphatic carbocycles. The second-order valence-electron chi connectivity index (χ2n) is 5.48. The number of hydrogen-bond acceptors (Lipinski definition) is 5. The number of nitrogen functional groups attached to an aromatic ring is 3. The molecule has 0 aliphatic heterocycles. The molecule has 2 rings (SSSR count). The van der Waals surface area contributed by atoms with E-state index in [-0.39, 0.29) is 0 Å². The summed E-state index contributed by atoms with van der Waals surface area (Å²) in [5.74, 6) is 1.56. The number of nitrogens with two attached hydrogens (primary N) is 3. The number of anilines is 3. The Balaban J connectivity index is 1.51. The van der Waals surface area contributed by atoms with E-state index in [1.807, 2.05) is 30.3 Å². The van der Waals surface area contributed by atoms with E-state index in [9.17, 15) is 0 Å². The van der Waals surface area contributed by atoms with Crippen molar-refractivity contribution in [1.82, 2.24) is 0 Å². The van der Waals surface area contributed by atoms with Crippen LogP contribution in [0.3, 0.4) is 0 Å². The Morgan fingerprint density at radius 3 is 1.91 bits per heavy atom. The maximum atomic E-state index is 5.84. The summed E-state index contributed by atoms with van der Waals surface area (Å²) >= 11 is 0. The quantitative estimate of drug-likeness (QED) is 0.486. The third-order valence-electron chi connectivity index (χ3n) is 3.48. The molecular formula is C18H25N3O2. The van der Waals surface area contributed by atoms with Gasteiger partial charge in [-0.1, -0.05) is 0 Å². The van der Waals surface area contributed by atoms with Crippen molar-refractivity contribution in [3.63, 3.8) is 0 Å². The third-order valence-corrected chi connectivity index (χ3v) is 3.48. The number of unbranched alkanes of at least 4 members (excludes halogenated alkanes) is 3. The van der Waals surface area contributed by atoms with E-state index in [0.29, 0.717) is 23.7 Å². The highest BCUT2D eigenvalue weighted by atomic mass is 16.5. The fraction of sp³-hybridized carbons (Fsp3) is 0.333. The standard InChI is InChI=1S/C18H25N3O2/c19-14-5-8-16(9-6-14)22-11-3-1-2-4-12-23-18-10-7-15(20)13-17(18)21/h5-10,13H,1-4,11-12,19-21H2. The molecule has 5 heteroatoms. The predicted octanol–water partition coefficient (Wildman–Crippen LogP) is 3.45. The van der Waals surface area contributed by atoms with Crippen molar-refractivity contribution in [3.05, 3.63) is 42.5 Å². The molecule has 0 radical (unpaired) electrons. The summed E-state index contributed by atoms with van der Waals surface area (Å²) in [6.07, 6.45) is 4.22. The summed E-state index contributed by atoms with van der Waals surface area (Å²) in [5, 5.41) is 0. The number of benzene rings is 2. The first-order chi connectivity index (χ1) is 11.1. The van der Waals surface area contributed by atoms with Crippen LogP contribution in [0.1, 0.15) is 25.7 Å². The topological polar surface area (TPSA) is 96.5 Å². The molecule has 0 aromatic heterocycles. The highest BCUT2D eigenvalue weighted by Gasteiger charge is 2.00. The van der Waals surface area contributed by atoms with E-state index in [4.69, 9.17) is 26.7 Å². The van der Waals surface area contributed by atoms with Crippen molar-refractivity contribution < 1.29 is 9.47 Å². The van der Waals surface area contributed by atoms with E-state index in [1.165, 1.54) is 0 Å². The van der Waals surface area contributed by atoms with Crippen LogP contribution in [0.25, 0.3) is 0 Å². The largest absolute Gasteiger partial charge is 0.494 e. The van der Waals surface area contributed by atoms with Crippen molar-refractivity contribution in [3.8, 4) is 11.5 Å². The Bertz CT molecular complexity index is 600. The molecule has 0 heterocycles. The molecule has 0 bridgehead atoms. The Kier molecular flexibility index (Phi) is 6.41. The lowest BCUT2D eigenvalue weighted by Crippen LogP contribution is -2.02. The number of hydrogen-bond donors (Lipinski definition) is 3. The maximum absolute atomic E-state index is 5.84. The van der Waals surface area contributed by atoms with Crippen molar-refractivity contribution in [2.75, 3.05) is 30.4 Å². The van der Waals surface area contributed by atoms with Crippen LogP contribution in [-0.2, 0) is 0 Å². The number of ether oxygens (including phenoxy) is 2. The van der Waals surface area contributed by atoms with Gasteiger partial charge in [0.15, 0.2) is 0 Å². The summed E-state index contributed by atoms with van der Waals surface area (Å²) in [7, 11) is 0. The smallest absolute Gasteiger partial charge is 0.142 e. The summed E-state index contributed by atoms with van der Waals surface area (Å²) < 4.78 is 11.3. The average Bonchev–Trinajstić information content (AvgIpc) is 2.53. The number of rotatable bonds is 9. The molecular weight excluding hydrogens is 290 g/mol. The van der Waals surface area contributed by atoms with E-state index in [2.05, 4.69) is 0 Å². The molecule has 0 unspecified atom stereocenters. The van der Waals surface area contributed by atoms with Crippen LogP contribution >= 0.6 is 0 Å². The molecule has 0 fully saturated rings. The first kappa shape index (κ1) is 16.8. The van der Waals surface area contributed by atoms with Gasteiger partial charge in [0.1, 0.15) is 11.5 Å². The van der Waals surface area contributed by atoms with E-state index >= 15 is 0 Å². The van der Waals surface area contributed by atoms with Gasteiger partial charge in [0, 0.05) is 11.4 Å². The van der Waals surface area contributed by atoms with Gasteiger partial charge in [0.05, 0.1) is 18.9 Å². The second-order valence-corrected chi connectivity index (χ2v) is 5.48. The molecule has 0 amide bonds. The molecule has 0 saturated heterocycles. The van der Waals surface area contributed by atoms with Crippen molar-refractivity contribution >= 4 is 17.1 Å². The maximum Gasteiger partial charge on any atom is 0.142 e. The predicted molar refractivity (Wildman–Crippen MR) is 95.6 cm³/mol. The lowest BCUT2D eigenvalue weighted by Gasteiger charge is -2.09. The van der Waals surface area contributed by atoms with Gasteiger partial charge in [-0.15, -0.1) is 0 Å². The van der Waals surface area contributed by atoms with Crippen LogP contribution < -0.4 is 26.7 Å². The van der Waals surface area contributed by atoms with Gasteiger partial charge < -0.3 is 26.7 Å². The molecule has 0 spiro atoms. The van der Waals surface area contributed by atoms with Crippen LogP contribution in [-0.4, -0.2) is 13.2 Å². The lowest BCUT2D eigenvalue weighted by molar-refractivity contribution is 0.288. The van der Waals surface area contributed by atoms with E-state index < -0.39 is 0 Å². The van der Waals surface area contributed by atoms with Crippen LogP contribution in [0.4, 0.5) is 17.1 Å². The first-order valence-electron chi connectivity index (χ1n) is 7.91. The van der Waals surface area contributed by atoms with Gasteiger partial charge in [-0.05, 0) is 68.1 Å². The highest BCUT2D eigenvalue weighted by molar-refractivity contribution is 5.60. The van der Waals surface area contributed by atoms with Gasteiger partial charge in [0.2, 0.25) is 0 Å². The fourth-order valence-electron chi connectivity index (χ4n) is 2.19. The summed E-state index contributed by atoms with van der Waals surface area (Å²) in [6.45, 7) is 1.38.